The van der Waals surface area contributed by atoms with Gasteiger partial charge in [-0.3, -0.25) is 4.79 Å². The number of aliphatic carboxylic acids is 1. The summed E-state index contributed by atoms with van der Waals surface area (Å²) in [6.07, 6.45) is 4.71. The number of hydrogen-bond donors (Lipinski definition) is 1. The lowest BCUT2D eigenvalue weighted by molar-refractivity contribution is -0.139. The topological polar surface area (TPSA) is 37.3 Å². The Hall–Kier alpha value is -1.31. The summed E-state index contributed by atoms with van der Waals surface area (Å²) in [5.41, 5.74) is 4.05. The molecule has 0 fully saturated rings. The maximum absolute atomic E-state index is 10.8. The van der Waals surface area contributed by atoms with Crippen molar-refractivity contribution in [2.45, 2.75) is 46.0 Å². The van der Waals surface area contributed by atoms with Gasteiger partial charge < -0.3 is 5.11 Å². The van der Waals surface area contributed by atoms with Gasteiger partial charge in [0.1, 0.15) is 0 Å². The molecular formula is C15H20O2. The summed E-state index contributed by atoms with van der Waals surface area (Å²) in [6, 6.07) is 6.65. The first kappa shape index (κ1) is 12.2. The molecule has 0 saturated heterocycles. The van der Waals surface area contributed by atoms with Crippen molar-refractivity contribution in [3.63, 3.8) is 0 Å². The maximum atomic E-state index is 10.8. The van der Waals surface area contributed by atoms with E-state index in [1.54, 1.807) is 0 Å². The van der Waals surface area contributed by atoms with E-state index in [9.17, 15) is 4.79 Å². The van der Waals surface area contributed by atoms with Crippen LogP contribution < -0.4 is 0 Å². The Balaban J connectivity index is 2.11. The van der Waals surface area contributed by atoms with Crippen molar-refractivity contribution in [1.29, 1.82) is 0 Å². The van der Waals surface area contributed by atoms with Crippen LogP contribution in [0.3, 0.4) is 0 Å². The lowest BCUT2D eigenvalue weighted by Gasteiger charge is -2.22. The first-order valence-electron chi connectivity index (χ1n) is 6.29. The SMILES string of the molecule is CC(C)(CC(=O)O)Cc1ccc2c(c1)CCC2. The Kier molecular flexibility index (Phi) is 3.23. The van der Waals surface area contributed by atoms with E-state index in [1.807, 2.05) is 13.8 Å². The fourth-order valence-electron chi connectivity index (χ4n) is 2.76. The van der Waals surface area contributed by atoms with Gasteiger partial charge in [-0.05, 0) is 47.8 Å². The summed E-state index contributed by atoms with van der Waals surface area (Å²) in [7, 11) is 0. The van der Waals surface area contributed by atoms with Crippen LogP contribution in [0, 0.1) is 5.41 Å². The van der Waals surface area contributed by atoms with Crippen LogP contribution >= 0.6 is 0 Å². The third-order valence-corrected chi connectivity index (χ3v) is 3.48. The van der Waals surface area contributed by atoms with Gasteiger partial charge in [-0.25, -0.2) is 0 Å². The lowest BCUT2D eigenvalue weighted by Crippen LogP contribution is -2.19. The minimum absolute atomic E-state index is 0.168. The fraction of sp³-hybridized carbons (Fsp3) is 0.533. The van der Waals surface area contributed by atoms with Crippen LogP contribution in [0.25, 0.3) is 0 Å². The monoisotopic (exact) mass is 232 g/mol. The van der Waals surface area contributed by atoms with E-state index in [0.717, 1.165) is 6.42 Å². The summed E-state index contributed by atoms with van der Waals surface area (Å²) in [5.74, 6) is -0.712. The minimum Gasteiger partial charge on any atom is -0.481 e. The van der Waals surface area contributed by atoms with Crippen LogP contribution in [0.1, 0.15) is 43.4 Å². The standard InChI is InChI=1S/C15H20O2/c1-15(2,10-14(16)17)9-11-6-7-12-4-3-5-13(12)8-11/h6-8H,3-5,9-10H2,1-2H3,(H,16,17). The van der Waals surface area contributed by atoms with E-state index in [1.165, 1.54) is 36.0 Å². The number of hydrogen-bond acceptors (Lipinski definition) is 1. The van der Waals surface area contributed by atoms with Gasteiger partial charge in [0.25, 0.3) is 0 Å². The molecule has 0 saturated carbocycles. The Morgan fingerprint density at radius 2 is 2.00 bits per heavy atom. The van der Waals surface area contributed by atoms with E-state index in [-0.39, 0.29) is 11.8 Å². The van der Waals surface area contributed by atoms with Gasteiger partial charge in [-0.15, -0.1) is 0 Å². The summed E-state index contributed by atoms with van der Waals surface area (Å²) >= 11 is 0. The predicted molar refractivity (Wildman–Crippen MR) is 68.2 cm³/mol. The van der Waals surface area contributed by atoms with Crippen molar-refractivity contribution in [1.82, 2.24) is 0 Å². The second-order valence-corrected chi connectivity index (χ2v) is 5.87. The number of carboxylic acids is 1. The van der Waals surface area contributed by atoms with Crippen LogP contribution in [-0.4, -0.2) is 11.1 Å². The van der Waals surface area contributed by atoms with Gasteiger partial charge in [0.15, 0.2) is 0 Å². The molecule has 17 heavy (non-hydrogen) atoms. The molecule has 1 aromatic carbocycles. The van der Waals surface area contributed by atoms with Crippen molar-refractivity contribution >= 4 is 5.97 Å². The third-order valence-electron chi connectivity index (χ3n) is 3.48. The van der Waals surface area contributed by atoms with Crippen LogP contribution in [-0.2, 0) is 24.1 Å². The Morgan fingerprint density at radius 3 is 2.71 bits per heavy atom. The molecular weight excluding hydrogens is 212 g/mol. The fourth-order valence-corrected chi connectivity index (χ4v) is 2.76. The minimum atomic E-state index is -0.712. The summed E-state index contributed by atoms with van der Waals surface area (Å²) in [5, 5.41) is 8.88. The number of aryl methyl sites for hydroxylation is 2. The molecule has 1 aliphatic carbocycles. The first-order chi connectivity index (χ1) is 7.96. The van der Waals surface area contributed by atoms with Crippen molar-refractivity contribution in [3.05, 3.63) is 34.9 Å². The second kappa shape index (κ2) is 4.52. The molecule has 0 aromatic heterocycles. The van der Waals surface area contributed by atoms with Crippen molar-refractivity contribution in [3.8, 4) is 0 Å². The van der Waals surface area contributed by atoms with E-state index in [2.05, 4.69) is 18.2 Å². The Morgan fingerprint density at radius 1 is 1.29 bits per heavy atom. The first-order valence-corrected chi connectivity index (χ1v) is 6.29. The molecule has 0 amide bonds. The van der Waals surface area contributed by atoms with Crippen LogP contribution in [0.4, 0.5) is 0 Å². The number of fused-ring (bicyclic) bond motifs is 1. The Labute approximate surface area is 103 Å². The lowest BCUT2D eigenvalue weighted by atomic mass is 9.82. The molecule has 0 spiro atoms. The summed E-state index contributed by atoms with van der Waals surface area (Å²) in [4.78, 5) is 10.8. The molecule has 0 radical (unpaired) electrons. The highest BCUT2D eigenvalue weighted by Gasteiger charge is 2.23. The zero-order valence-corrected chi connectivity index (χ0v) is 10.6. The van der Waals surface area contributed by atoms with Gasteiger partial charge in [-0.2, -0.15) is 0 Å². The highest BCUT2D eigenvalue weighted by molar-refractivity contribution is 5.67. The van der Waals surface area contributed by atoms with Crippen molar-refractivity contribution in [2.24, 2.45) is 5.41 Å². The van der Waals surface area contributed by atoms with Gasteiger partial charge >= 0.3 is 5.97 Å². The molecule has 0 heterocycles. The predicted octanol–water partition coefficient (Wildman–Crippen LogP) is 3.22. The summed E-state index contributed by atoms with van der Waals surface area (Å²) < 4.78 is 0. The average molecular weight is 232 g/mol. The number of rotatable bonds is 4. The molecule has 0 unspecified atom stereocenters. The quantitative estimate of drug-likeness (QED) is 0.865. The van der Waals surface area contributed by atoms with E-state index in [4.69, 9.17) is 5.11 Å². The molecule has 2 nitrogen and oxygen atoms in total. The molecule has 0 aliphatic heterocycles. The molecule has 1 aliphatic rings. The molecule has 92 valence electrons. The van der Waals surface area contributed by atoms with Gasteiger partial charge in [-0.1, -0.05) is 32.0 Å². The molecule has 2 heteroatoms. The van der Waals surface area contributed by atoms with E-state index in [0.29, 0.717) is 0 Å². The largest absolute Gasteiger partial charge is 0.481 e. The highest BCUT2D eigenvalue weighted by Crippen LogP contribution is 2.29. The second-order valence-electron chi connectivity index (χ2n) is 5.87. The maximum Gasteiger partial charge on any atom is 0.303 e. The Bertz CT molecular complexity index is 433. The molecule has 1 aromatic rings. The van der Waals surface area contributed by atoms with Crippen molar-refractivity contribution < 1.29 is 9.90 Å². The zero-order valence-electron chi connectivity index (χ0n) is 10.6. The van der Waals surface area contributed by atoms with Crippen molar-refractivity contribution in [2.75, 3.05) is 0 Å². The van der Waals surface area contributed by atoms with E-state index >= 15 is 0 Å². The highest BCUT2D eigenvalue weighted by atomic mass is 16.4. The zero-order chi connectivity index (χ0) is 12.5. The number of carboxylic acid groups (broad SMARTS) is 1. The normalized spacial score (nSPS) is 14.7. The van der Waals surface area contributed by atoms with E-state index < -0.39 is 5.97 Å². The average Bonchev–Trinajstić information content (AvgIpc) is 2.61. The molecule has 1 N–H and O–H groups in total. The van der Waals surface area contributed by atoms with Crippen LogP contribution in [0.15, 0.2) is 18.2 Å². The third kappa shape index (κ3) is 3.09. The molecule has 0 bridgehead atoms. The van der Waals surface area contributed by atoms with Gasteiger partial charge in [0.2, 0.25) is 0 Å². The molecule has 2 rings (SSSR count). The number of benzene rings is 1. The van der Waals surface area contributed by atoms with Gasteiger partial charge in [0.05, 0.1) is 6.42 Å². The molecule has 0 atom stereocenters. The smallest absolute Gasteiger partial charge is 0.303 e. The number of carbonyl (C=O) groups is 1. The van der Waals surface area contributed by atoms with Gasteiger partial charge in [0, 0.05) is 0 Å². The van der Waals surface area contributed by atoms with Crippen LogP contribution in [0.2, 0.25) is 0 Å². The summed E-state index contributed by atoms with van der Waals surface area (Å²) in [6.45, 7) is 4.04. The van der Waals surface area contributed by atoms with Crippen LogP contribution in [0.5, 0.6) is 0 Å².